The van der Waals surface area contributed by atoms with Gasteiger partial charge in [-0.05, 0) is 65.7 Å². The van der Waals surface area contributed by atoms with Crippen LogP contribution in [-0.4, -0.2) is 37.6 Å². The summed E-state index contributed by atoms with van der Waals surface area (Å²) in [6.07, 6.45) is 2.48. The highest BCUT2D eigenvalue weighted by atomic mass is 16.6. The normalized spacial score (nSPS) is 10.6. The third kappa shape index (κ3) is 6.76. The summed E-state index contributed by atoms with van der Waals surface area (Å²) in [6.45, 7) is -0.648. The molecule has 1 heterocycles. The van der Waals surface area contributed by atoms with Crippen molar-refractivity contribution in [1.29, 1.82) is 5.26 Å². The smallest absolute Gasteiger partial charge is 0.331 e. The topological polar surface area (TPSA) is 154 Å². The molecule has 1 amide bonds. The summed E-state index contributed by atoms with van der Waals surface area (Å²) in [6, 6.07) is 21.6. The Balaban J connectivity index is 1.53. The van der Waals surface area contributed by atoms with Gasteiger partial charge in [-0.25, -0.2) is 4.79 Å². The molecule has 206 valence electrons. The molecule has 3 aromatic carbocycles. The zero-order valence-electron chi connectivity index (χ0n) is 22.0. The Morgan fingerprint density at radius 1 is 0.951 bits per heavy atom. The lowest BCUT2D eigenvalue weighted by molar-refractivity contribution is -0.384. The van der Waals surface area contributed by atoms with E-state index in [0.29, 0.717) is 39.5 Å². The quantitative estimate of drug-likeness (QED) is 0.114. The zero-order valence-corrected chi connectivity index (χ0v) is 22.0. The number of hydrogen-bond acceptors (Lipinski definition) is 9. The van der Waals surface area contributed by atoms with E-state index in [1.54, 1.807) is 62.8 Å². The second-order valence-electron chi connectivity index (χ2n) is 8.42. The molecule has 41 heavy (non-hydrogen) atoms. The molecule has 0 fully saturated rings. The number of nitrogens with one attached hydrogen (secondary N) is 1. The summed E-state index contributed by atoms with van der Waals surface area (Å²) in [4.78, 5) is 35.0. The van der Waals surface area contributed by atoms with Crippen LogP contribution in [0.15, 0.2) is 83.3 Å². The van der Waals surface area contributed by atoms with E-state index in [1.165, 1.54) is 30.3 Å². The maximum atomic E-state index is 12.6. The largest absolute Gasteiger partial charge is 0.497 e. The Morgan fingerprint density at radius 3 is 2.07 bits per heavy atom. The second-order valence-corrected chi connectivity index (χ2v) is 8.42. The Labute approximate surface area is 234 Å². The predicted octanol–water partition coefficient (Wildman–Crippen LogP) is 5.61. The van der Waals surface area contributed by atoms with Crippen molar-refractivity contribution in [1.82, 2.24) is 0 Å². The summed E-state index contributed by atoms with van der Waals surface area (Å²) in [7, 11) is 3.09. The van der Waals surface area contributed by atoms with Crippen molar-refractivity contribution >= 4 is 29.5 Å². The van der Waals surface area contributed by atoms with E-state index in [4.69, 9.17) is 18.6 Å². The number of nitriles is 1. The Kier molecular flexibility index (Phi) is 8.76. The lowest BCUT2D eigenvalue weighted by atomic mass is 9.98. The number of rotatable bonds is 10. The summed E-state index contributed by atoms with van der Waals surface area (Å²) in [5.74, 6) is -0.0463. The van der Waals surface area contributed by atoms with Gasteiger partial charge in [0.1, 0.15) is 28.9 Å². The monoisotopic (exact) mass is 553 g/mol. The highest BCUT2D eigenvalue weighted by Gasteiger charge is 2.24. The van der Waals surface area contributed by atoms with Crippen LogP contribution in [-0.2, 0) is 14.3 Å². The van der Waals surface area contributed by atoms with E-state index in [-0.39, 0.29) is 17.1 Å². The predicted molar refractivity (Wildman–Crippen MR) is 149 cm³/mol. The molecule has 0 aliphatic rings. The van der Waals surface area contributed by atoms with Gasteiger partial charge in [0.15, 0.2) is 6.61 Å². The molecule has 0 saturated heterocycles. The number of esters is 1. The first-order valence-corrected chi connectivity index (χ1v) is 12.1. The second kappa shape index (κ2) is 12.8. The third-order valence-electron chi connectivity index (χ3n) is 5.87. The Morgan fingerprint density at radius 2 is 1.54 bits per heavy atom. The molecule has 0 bridgehead atoms. The van der Waals surface area contributed by atoms with Gasteiger partial charge in [-0.2, -0.15) is 5.26 Å². The van der Waals surface area contributed by atoms with Gasteiger partial charge in [0.05, 0.1) is 19.1 Å². The van der Waals surface area contributed by atoms with Crippen LogP contribution in [0.5, 0.6) is 11.5 Å². The maximum Gasteiger partial charge on any atom is 0.331 e. The number of furan rings is 1. The molecular weight excluding hydrogens is 530 g/mol. The Hall–Kier alpha value is -5.89. The highest BCUT2D eigenvalue weighted by molar-refractivity contribution is 5.97. The van der Waals surface area contributed by atoms with Crippen LogP contribution in [0.25, 0.3) is 28.5 Å². The fourth-order valence-electron chi connectivity index (χ4n) is 3.82. The number of carbonyl (C=O) groups excluding carboxylic acids is 2. The number of ether oxygens (including phenoxy) is 3. The Bertz CT molecular complexity index is 1630. The van der Waals surface area contributed by atoms with E-state index in [2.05, 4.69) is 11.4 Å². The van der Waals surface area contributed by atoms with Gasteiger partial charge in [0.25, 0.3) is 11.6 Å². The number of methoxy groups -OCH3 is 2. The van der Waals surface area contributed by atoms with Crippen molar-refractivity contribution in [3.63, 3.8) is 0 Å². The van der Waals surface area contributed by atoms with E-state index >= 15 is 0 Å². The van der Waals surface area contributed by atoms with Gasteiger partial charge in [0.2, 0.25) is 5.88 Å². The average molecular weight is 554 g/mol. The number of nitro benzene ring substituents is 1. The van der Waals surface area contributed by atoms with Gasteiger partial charge in [-0.1, -0.05) is 12.1 Å². The van der Waals surface area contributed by atoms with Gasteiger partial charge in [0, 0.05) is 29.3 Å². The highest BCUT2D eigenvalue weighted by Crippen LogP contribution is 2.42. The minimum atomic E-state index is -0.809. The maximum absolute atomic E-state index is 12.6. The number of hydrogen-bond donors (Lipinski definition) is 1. The standard InChI is InChI=1S/C30H23N3O8/c1-38-23-12-6-20(7-13-23)28-25(17-31)30(41-29(28)21-8-14-24(39-2)15-9-21)32-26(34)18-40-27(35)16-5-19-3-10-22(11-4-19)33(36)37/h3-16H,18H2,1-2H3,(H,32,34). The van der Waals surface area contributed by atoms with E-state index in [1.807, 2.05) is 0 Å². The first-order chi connectivity index (χ1) is 19.8. The van der Waals surface area contributed by atoms with Crippen molar-refractivity contribution < 1.29 is 33.1 Å². The molecule has 0 saturated carbocycles. The lowest BCUT2D eigenvalue weighted by Crippen LogP contribution is -2.20. The van der Waals surface area contributed by atoms with E-state index in [0.717, 1.165) is 6.08 Å². The number of nitro groups is 1. The summed E-state index contributed by atoms with van der Waals surface area (Å²) < 4.78 is 21.4. The molecule has 1 N–H and O–H groups in total. The van der Waals surface area contributed by atoms with Crippen molar-refractivity contribution in [3.05, 3.63) is 100 Å². The van der Waals surface area contributed by atoms with Crippen LogP contribution in [0.1, 0.15) is 11.1 Å². The number of amides is 1. The zero-order chi connectivity index (χ0) is 29.4. The molecule has 0 atom stereocenters. The number of non-ortho nitro benzene ring substituents is 1. The fraction of sp³-hybridized carbons (Fsp3) is 0.100. The van der Waals surface area contributed by atoms with Crippen LogP contribution >= 0.6 is 0 Å². The van der Waals surface area contributed by atoms with E-state index < -0.39 is 23.4 Å². The van der Waals surface area contributed by atoms with Crippen molar-refractivity contribution in [2.75, 3.05) is 26.1 Å². The first kappa shape index (κ1) is 28.1. The third-order valence-corrected chi connectivity index (χ3v) is 5.87. The summed E-state index contributed by atoms with van der Waals surface area (Å²) in [5.41, 5.74) is 2.28. The molecule has 0 aliphatic heterocycles. The molecule has 4 aromatic rings. The van der Waals surface area contributed by atoms with Gasteiger partial charge in [-0.15, -0.1) is 0 Å². The molecule has 0 spiro atoms. The van der Waals surface area contributed by atoms with Crippen LogP contribution in [0.3, 0.4) is 0 Å². The van der Waals surface area contributed by atoms with Crippen LogP contribution in [0.2, 0.25) is 0 Å². The van der Waals surface area contributed by atoms with Crippen LogP contribution < -0.4 is 14.8 Å². The van der Waals surface area contributed by atoms with Gasteiger partial charge in [-0.3, -0.25) is 20.2 Å². The number of anilines is 1. The van der Waals surface area contributed by atoms with Crippen LogP contribution in [0, 0.1) is 21.4 Å². The average Bonchev–Trinajstić information content (AvgIpc) is 3.37. The number of benzene rings is 3. The molecule has 1 aromatic heterocycles. The number of nitrogens with zero attached hydrogens (tertiary/aromatic N) is 2. The molecule has 11 nitrogen and oxygen atoms in total. The molecule has 0 radical (unpaired) electrons. The van der Waals surface area contributed by atoms with Gasteiger partial charge >= 0.3 is 5.97 Å². The van der Waals surface area contributed by atoms with Crippen molar-refractivity contribution in [3.8, 4) is 40.0 Å². The summed E-state index contributed by atoms with van der Waals surface area (Å²) in [5, 5.41) is 23.3. The molecular formula is C30H23N3O8. The molecule has 11 heteroatoms. The van der Waals surface area contributed by atoms with E-state index in [9.17, 15) is 25.0 Å². The lowest BCUT2D eigenvalue weighted by Gasteiger charge is -2.06. The molecule has 0 aliphatic carbocycles. The SMILES string of the molecule is COc1ccc(-c2oc(NC(=O)COC(=O)C=Cc3ccc([N+](=O)[O-])cc3)c(C#N)c2-c2ccc(OC)cc2)cc1. The van der Waals surface area contributed by atoms with Crippen molar-refractivity contribution in [2.45, 2.75) is 0 Å². The minimum absolute atomic E-state index is 0.0821. The fourth-order valence-corrected chi connectivity index (χ4v) is 3.82. The molecule has 0 unspecified atom stereocenters. The first-order valence-electron chi connectivity index (χ1n) is 12.1. The molecule has 4 rings (SSSR count). The summed E-state index contributed by atoms with van der Waals surface area (Å²) >= 11 is 0. The van der Waals surface area contributed by atoms with Gasteiger partial charge < -0.3 is 18.6 Å². The number of carbonyl (C=O) groups is 2. The van der Waals surface area contributed by atoms with Crippen LogP contribution in [0.4, 0.5) is 11.6 Å². The minimum Gasteiger partial charge on any atom is -0.497 e. The van der Waals surface area contributed by atoms with Crippen molar-refractivity contribution in [2.24, 2.45) is 0 Å².